The Bertz CT molecular complexity index is 525. The summed E-state index contributed by atoms with van der Waals surface area (Å²) < 4.78 is 13.9. The summed E-state index contributed by atoms with van der Waals surface area (Å²) in [5, 5.41) is 3.59. The van der Waals surface area contributed by atoms with E-state index >= 15 is 0 Å². The van der Waals surface area contributed by atoms with Gasteiger partial charge in [-0.1, -0.05) is 6.07 Å². The average Bonchev–Trinajstić information content (AvgIpc) is 3.29. The first-order chi connectivity index (χ1) is 10.1. The molecular weight excluding hydrogens is 303 g/mol. The number of piperidine rings is 1. The van der Waals surface area contributed by atoms with Crippen LogP contribution in [0.3, 0.4) is 0 Å². The zero-order chi connectivity index (χ0) is 14.8. The summed E-state index contributed by atoms with van der Waals surface area (Å²) in [7, 11) is 0. The number of benzene rings is 1. The van der Waals surface area contributed by atoms with Crippen LogP contribution in [-0.2, 0) is 0 Å². The van der Waals surface area contributed by atoms with Crippen LogP contribution in [-0.4, -0.2) is 36.5 Å². The van der Waals surface area contributed by atoms with Gasteiger partial charge in [-0.25, -0.2) is 4.39 Å². The molecule has 0 aromatic heterocycles. The third-order valence-electron chi connectivity index (χ3n) is 4.53. The van der Waals surface area contributed by atoms with Crippen LogP contribution in [0.15, 0.2) is 18.2 Å². The Hall–Kier alpha value is -1.13. The molecule has 0 bridgehead atoms. The predicted octanol–water partition coefficient (Wildman–Crippen LogP) is 3.16. The molecule has 1 amide bonds. The molecule has 1 aliphatic carbocycles. The van der Waals surface area contributed by atoms with Gasteiger partial charge in [0.15, 0.2) is 0 Å². The first-order valence-corrected chi connectivity index (χ1v) is 7.92. The summed E-state index contributed by atoms with van der Waals surface area (Å²) in [6, 6.07) is 5.33. The lowest BCUT2D eigenvalue weighted by atomic mass is 10.0. The van der Waals surface area contributed by atoms with Gasteiger partial charge in [0.1, 0.15) is 5.82 Å². The minimum absolute atomic E-state index is 0. The Morgan fingerprint density at radius 1 is 1.27 bits per heavy atom. The second kappa shape index (κ2) is 7.42. The van der Waals surface area contributed by atoms with Crippen LogP contribution >= 0.6 is 12.4 Å². The summed E-state index contributed by atoms with van der Waals surface area (Å²) in [5.41, 5.74) is 1.04. The first kappa shape index (κ1) is 17.2. The molecule has 3 rings (SSSR count). The Balaban J connectivity index is 0.00000176. The van der Waals surface area contributed by atoms with Crippen molar-refractivity contribution in [3.63, 3.8) is 0 Å². The van der Waals surface area contributed by atoms with E-state index in [2.05, 4.69) is 5.32 Å². The van der Waals surface area contributed by atoms with Crippen LogP contribution in [0, 0.1) is 18.7 Å². The molecule has 22 heavy (non-hydrogen) atoms. The zero-order valence-electron chi connectivity index (χ0n) is 13.0. The number of halogens is 2. The number of likely N-dealkylation sites (tertiary alicyclic amines) is 1. The van der Waals surface area contributed by atoms with E-state index in [4.69, 9.17) is 0 Å². The summed E-state index contributed by atoms with van der Waals surface area (Å²) in [5.74, 6) is 0.299. The maximum absolute atomic E-state index is 13.9. The summed E-state index contributed by atoms with van der Waals surface area (Å²) in [4.78, 5) is 14.2. The minimum Gasteiger partial charge on any atom is -0.338 e. The fourth-order valence-electron chi connectivity index (χ4n) is 2.91. The SMILES string of the molecule is Cc1ccc(C(=O)N2CCC(NCC3CC3)CC2)c(F)c1.Cl. The molecule has 1 saturated heterocycles. The maximum Gasteiger partial charge on any atom is 0.256 e. The topological polar surface area (TPSA) is 32.3 Å². The lowest BCUT2D eigenvalue weighted by molar-refractivity contribution is 0.0700. The molecule has 1 aromatic carbocycles. The lowest BCUT2D eigenvalue weighted by Gasteiger charge is -2.32. The molecule has 122 valence electrons. The van der Waals surface area contributed by atoms with Gasteiger partial charge in [0, 0.05) is 19.1 Å². The third kappa shape index (κ3) is 4.20. The Labute approximate surface area is 137 Å². The number of rotatable bonds is 4. The van der Waals surface area contributed by atoms with Crippen molar-refractivity contribution in [1.29, 1.82) is 0 Å². The van der Waals surface area contributed by atoms with Crippen molar-refractivity contribution in [2.45, 2.75) is 38.6 Å². The van der Waals surface area contributed by atoms with Crippen LogP contribution in [0.5, 0.6) is 0 Å². The lowest BCUT2D eigenvalue weighted by Crippen LogP contribution is -2.45. The number of aryl methyl sites for hydroxylation is 1. The van der Waals surface area contributed by atoms with E-state index in [9.17, 15) is 9.18 Å². The smallest absolute Gasteiger partial charge is 0.256 e. The maximum atomic E-state index is 13.9. The van der Waals surface area contributed by atoms with E-state index in [1.165, 1.54) is 18.9 Å². The quantitative estimate of drug-likeness (QED) is 0.921. The third-order valence-corrected chi connectivity index (χ3v) is 4.53. The van der Waals surface area contributed by atoms with Gasteiger partial charge in [0.25, 0.3) is 5.91 Å². The van der Waals surface area contributed by atoms with E-state index in [1.54, 1.807) is 17.0 Å². The number of amides is 1. The molecular formula is C17H24ClFN2O. The second-order valence-electron chi connectivity index (χ2n) is 6.40. The van der Waals surface area contributed by atoms with Gasteiger partial charge in [-0.2, -0.15) is 0 Å². The van der Waals surface area contributed by atoms with Gasteiger partial charge < -0.3 is 10.2 Å². The zero-order valence-corrected chi connectivity index (χ0v) is 13.8. The molecule has 1 saturated carbocycles. The van der Waals surface area contributed by atoms with Crippen molar-refractivity contribution in [3.8, 4) is 0 Å². The van der Waals surface area contributed by atoms with E-state index in [0.29, 0.717) is 19.1 Å². The molecule has 5 heteroatoms. The summed E-state index contributed by atoms with van der Waals surface area (Å²) >= 11 is 0. The normalized spacial score (nSPS) is 18.9. The fraction of sp³-hybridized carbons (Fsp3) is 0.588. The standard InChI is InChI=1S/C17H23FN2O.ClH/c1-12-2-5-15(16(18)10-12)17(21)20-8-6-14(7-9-20)19-11-13-3-4-13;/h2,5,10,13-14,19H,3-4,6-9,11H2,1H3;1H. The molecule has 2 aliphatic rings. The van der Waals surface area contributed by atoms with Crippen LogP contribution in [0.25, 0.3) is 0 Å². The number of hydrogen-bond donors (Lipinski definition) is 1. The van der Waals surface area contributed by atoms with Gasteiger partial charge in [-0.15, -0.1) is 12.4 Å². The van der Waals surface area contributed by atoms with Gasteiger partial charge in [0.2, 0.25) is 0 Å². The summed E-state index contributed by atoms with van der Waals surface area (Å²) in [6.07, 6.45) is 4.64. The van der Waals surface area contributed by atoms with E-state index in [0.717, 1.165) is 30.9 Å². The molecule has 3 nitrogen and oxygen atoms in total. The van der Waals surface area contributed by atoms with Crippen molar-refractivity contribution >= 4 is 18.3 Å². The molecule has 0 spiro atoms. The number of hydrogen-bond acceptors (Lipinski definition) is 2. The number of carbonyl (C=O) groups is 1. The summed E-state index contributed by atoms with van der Waals surface area (Å²) in [6.45, 7) is 4.38. The van der Waals surface area contributed by atoms with E-state index in [-0.39, 0.29) is 23.9 Å². The van der Waals surface area contributed by atoms with Crippen LogP contribution < -0.4 is 5.32 Å². The first-order valence-electron chi connectivity index (χ1n) is 7.92. The van der Waals surface area contributed by atoms with Crippen molar-refractivity contribution < 1.29 is 9.18 Å². The van der Waals surface area contributed by atoms with Gasteiger partial charge in [-0.3, -0.25) is 4.79 Å². The van der Waals surface area contributed by atoms with Gasteiger partial charge >= 0.3 is 0 Å². The van der Waals surface area contributed by atoms with Crippen LogP contribution in [0.2, 0.25) is 0 Å². The highest BCUT2D eigenvalue weighted by Crippen LogP contribution is 2.28. The van der Waals surface area contributed by atoms with E-state index in [1.807, 2.05) is 6.92 Å². The fourth-order valence-corrected chi connectivity index (χ4v) is 2.91. The van der Waals surface area contributed by atoms with Crippen molar-refractivity contribution in [1.82, 2.24) is 10.2 Å². The molecule has 1 N–H and O–H groups in total. The Kier molecular flexibility index (Phi) is 5.81. The highest BCUT2D eigenvalue weighted by Gasteiger charge is 2.27. The largest absolute Gasteiger partial charge is 0.338 e. The molecule has 0 atom stereocenters. The second-order valence-corrected chi connectivity index (χ2v) is 6.40. The monoisotopic (exact) mass is 326 g/mol. The molecule has 1 heterocycles. The number of nitrogens with one attached hydrogen (secondary N) is 1. The molecule has 2 fully saturated rings. The minimum atomic E-state index is -0.408. The Morgan fingerprint density at radius 2 is 1.95 bits per heavy atom. The van der Waals surface area contributed by atoms with Crippen molar-refractivity contribution in [3.05, 3.63) is 35.1 Å². The van der Waals surface area contributed by atoms with E-state index < -0.39 is 5.82 Å². The average molecular weight is 327 g/mol. The predicted molar refractivity (Wildman–Crippen MR) is 88.0 cm³/mol. The molecule has 1 aliphatic heterocycles. The number of carbonyl (C=O) groups excluding carboxylic acids is 1. The van der Waals surface area contributed by atoms with Crippen molar-refractivity contribution in [2.24, 2.45) is 5.92 Å². The van der Waals surface area contributed by atoms with Gasteiger partial charge in [-0.05, 0) is 62.8 Å². The Morgan fingerprint density at radius 3 is 2.55 bits per heavy atom. The molecule has 0 unspecified atom stereocenters. The molecule has 1 aromatic rings. The highest BCUT2D eigenvalue weighted by atomic mass is 35.5. The highest BCUT2D eigenvalue weighted by molar-refractivity contribution is 5.94. The van der Waals surface area contributed by atoms with Gasteiger partial charge in [0.05, 0.1) is 5.56 Å². The van der Waals surface area contributed by atoms with Crippen LogP contribution in [0.4, 0.5) is 4.39 Å². The molecule has 0 radical (unpaired) electrons. The van der Waals surface area contributed by atoms with Crippen molar-refractivity contribution in [2.75, 3.05) is 19.6 Å². The van der Waals surface area contributed by atoms with Crippen LogP contribution in [0.1, 0.15) is 41.6 Å². The number of nitrogens with zero attached hydrogens (tertiary/aromatic N) is 1.